The van der Waals surface area contributed by atoms with E-state index < -0.39 is 17.7 Å². The highest BCUT2D eigenvalue weighted by Gasteiger charge is 2.24. The van der Waals surface area contributed by atoms with Crippen molar-refractivity contribution in [2.24, 2.45) is 0 Å². The van der Waals surface area contributed by atoms with Crippen LogP contribution in [0, 0.1) is 0 Å². The van der Waals surface area contributed by atoms with Crippen molar-refractivity contribution in [3.63, 3.8) is 0 Å². The van der Waals surface area contributed by atoms with E-state index in [2.05, 4.69) is 21.2 Å². The Kier molecular flexibility index (Phi) is 5.13. The van der Waals surface area contributed by atoms with Gasteiger partial charge in [-0.25, -0.2) is 0 Å². The summed E-state index contributed by atoms with van der Waals surface area (Å²) in [5, 5.41) is 22.7. The summed E-state index contributed by atoms with van der Waals surface area (Å²) in [7, 11) is 0. The van der Waals surface area contributed by atoms with Crippen molar-refractivity contribution in [2.75, 3.05) is 6.54 Å². The van der Waals surface area contributed by atoms with Crippen molar-refractivity contribution >= 4 is 15.9 Å². The third-order valence-corrected chi connectivity index (χ3v) is 3.52. The summed E-state index contributed by atoms with van der Waals surface area (Å²) in [5.41, 5.74) is 0.445. The van der Waals surface area contributed by atoms with Crippen LogP contribution in [0.1, 0.15) is 32.4 Å². The summed E-state index contributed by atoms with van der Waals surface area (Å²) in [6.07, 6.45) is -1.05. The highest BCUT2D eigenvalue weighted by atomic mass is 79.9. The zero-order valence-corrected chi connectivity index (χ0v) is 12.0. The molecule has 0 radical (unpaired) electrons. The smallest absolute Gasteiger partial charge is 0.0914 e. The second kappa shape index (κ2) is 5.96. The first kappa shape index (κ1) is 14.6. The second-order valence-electron chi connectivity index (χ2n) is 4.85. The van der Waals surface area contributed by atoms with Crippen LogP contribution in [0.15, 0.2) is 28.7 Å². The van der Waals surface area contributed by atoms with Crippen LogP contribution in [-0.2, 0) is 0 Å². The van der Waals surface area contributed by atoms with E-state index in [0.29, 0.717) is 6.54 Å². The van der Waals surface area contributed by atoms with E-state index in [1.807, 2.05) is 38.1 Å². The highest BCUT2D eigenvalue weighted by molar-refractivity contribution is 9.10. The Morgan fingerprint density at radius 2 is 2.00 bits per heavy atom. The molecule has 0 amide bonds. The number of hydrogen-bond acceptors (Lipinski definition) is 3. The first-order valence-electron chi connectivity index (χ1n) is 5.69. The molecule has 3 nitrogen and oxygen atoms in total. The van der Waals surface area contributed by atoms with Gasteiger partial charge in [-0.15, -0.1) is 0 Å². The fraction of sp³-hybridized carbons (Fsp3) is 0.538. The molecule has 1 rings (SSSR count). The van der Waals surface area contributed by atoms with Crippen molar-refractivity contribution in [1.82, 2.24) is 5.32 Å². The molecule has 96 valence electrons. The lowest BCUT2D eigenvalue weighted by Crippen LogP contribution is -2.49. The number of rotatable bonds is 5. The Balaban J connectivity index is 2.59. The number of β-amino-alcohol motifs (C(OH)–C–C–N with tert-alkyl or cyclic N) is 1. The highest BCUT2D eigenvalue weighted by Crippen LogP contribution is 2.18. The lowest BCUT2D eigenvalue weighted by atomic mass is 9.98. The minimum atomic E-state index is -0.578. The van der Waals surface area contributed by atoms with Gasteiger partial charge >= 0.3 is 0 Å². The number of halogens is 1. The molecule has 0 saturated carbocycles. The van der Waals surface area contributed by atoms with Crippen molar-refractivity contribution in [2.45, 2.75) is 38.5 Å². The standard InChI is InChI=1S/C13H20BrNO2/c1-9(16)13(2,3)15-8-12(17)10-5-4-6-11(14)7-10/h4-7,9,12,15-17H,8H2,1-3H3. The van der Waals surface area contributed by atoms with Gasteiger partial charge in [0.2, 0.25) is 0 Å². The van der Waals surface area contributed by atoms with Crippen LogP contribution in [0.5, 0.6) is 0 Å². The summed E-state index contributed by atoms with van der Waals surface area (Å²) in [4.78, 5) is 0. The number of aliphatic hydroxyl groups excluding tert-OH is 2. The van der Waals surface area contributed by atoms with Crippen LogP contribution < -0.4 is 5.32 Å². The Bertz CT molecular complexity index is 366. The maximum Gasteiger partial charge on any atom is 0.0914 e. The molecule has 3 N–H and O–H groups in total. The van der Waals surface area contributed by atoms with E-state index >= 15 is 0 Å². The van der Waals surface area contributed by atoms with Crippen molar-refractivity contribution in [3.8, 4) is 0 Å². The molecule has 0 aromatic heterocycles. The topological polar surface area (TPSA) is 52.5 Å². The molecule has 0 saturated heterocycles. The van der Waals surface area contributed by atoms with E-state index in [9.17, 15) is 10.2 Å². The number of benzene rings is 1. The van der Waals surface area contributed by atoms with E-state index in [1.54, 1.807) is 6.92 Å². The SMILES string of the molecule is CC(O)C(C)(C)NCC(O)c1cccc(Br)c1. The van der Waals surface area contributed by atoms with Gasteiger partial charge in [0.15, 0.2) is 0 Å². The third-order valence-electron chi connectivity index (χ3n) is 3.03. The molecule has 0 aliphatic rings. The summed E-state index contributed by atoms with van der Waals surface area (Å²) >= 11 is 3.37. The molecule has 0 fully saturated rings. The van der Waals surface area contributed by atoms with E-state index in [0.717, 1.165) is 10.0 Å². The van der Waals surface area contributed by atoms with E-state index in [-0.39, 0.29) is 0 Å². The van der Waals surface area contributed by atoms with E-state index in [1.165, 1.54) is 0 Å². The maximum absolute atomic E-state index is 10.0. The van der Waals surface area contributed by atoms with Crippen LogP contribution in [0.25, 0.3) is 0 Å². The Hall–Kier alpha value is -0.420. The molecule has 0 bridgehead atoms. The largest absolute Gasteiger partial charge is 0.392 e. The Morgan fingerprint density at radius 1 is 1.35 bits per heavy atom. The fourth-order valence-corrected chi connectivity index (χ4v) is 1.76. The summed E-state index contributed by atoms with van der Waals surface area (Å²) in [5.74, 6) is 0. The van der Waals surface area contributed by atoms with Gasteiger partial charge in [0.05, 0.1) is 12.2 Å². The van der Waals surface area contributed by atoms with Gasteiger partial charge in [0.25, 0.3) is 0 Å². The lowest BCUT2D eigenvalue weighted by Gasteiger charge is -2.30. The predicted octanol–water partition coefficient (Wildman–Crippen LogP) is 2.23. The van der Waals surface area contributed by atoms with Crippen LogP contribution in [-0.4, -0.2) is 28.4 Å². The maximum atomic E-state index is 10.0. The Labute approximate surface area is 111 Å². The zero-order valence-electron chi connectivity index (χ0n) is 10.4. The van der Waals surface area contributed by atoms with Crippen molar-refractivity contribution < 1.29 is 10.2 Å². The van der Waals surface area contributed by atoms with Gasteiger partial charge in [-0.05, 0) is 38.5 Å². The average molecular weight is 302 g/mol. The summed E-state index contributed by atoms with van der Waals surface area (Å²) in [6, 6.07) is 7.58. The molecular weight excluding hydrogens is 282 g/mol. The molecule has 1 aromatic rings. The molecule has 2 unspecified atom stereocenters. The van der Waals surface area contributed by atoms with Crippen LogP contribution in [0.2, 0.25) is 0 Å². The Morgan fingerprint density at radius 3 is 2.53 bits per heavy atom. The van der Waals surface area contributed by atoms with Crippen LogP contribution >= 0.6 is 15.9 Å². The molecule has 4 heteroatoms. The average Bonchev–Trinajstić information content (AvgIpc) is 2.25. The van der Waals surface area contributed by atoms with E-state index in [4.69, 9.17) is 0 Å². The van der Waals surface area contributed by atoms with Crippen molar-refractivity contribution in [1.29, 1.82) is 0 Å². The molecule has 0 aliphatic heterocycles. The summed E-state index contributed by atoms with van der Waals surface area (Å²) < 4.78 is 0.948. The number of hydrogen-bond donors (Lipinski definition) is 3. The number of aliphatic hydroxyl groups is 2. The molecule has 1 aromatic carbocycles. The van der Waals surface area contributed by atoms with Crippen LogP contribution in [0.4, 0.5) is 0 Å². The zero-order chi connectivity index (χ0) is 13.1. The van der Waals surface area contributed by atoms with Crippen LogP contribution in [0.3, 0.4) is 0 Å². The molecule has 0 aliphatic carbocycles. The first-order valence-corrected chi connectivity index (χ1v) is 6.49. The normalized spacial score (nSPS) is 15.6. The molecule has 0 heterocycles. The first-order chi connectivity index (χ1) is 7.83. The lowest BCUT2D eigenvalue weighted by molar-refractivity contribution is 0.0804. The van der Waals surface area contributed by atoms with Gasteiger partial charge in [-0.1, -0.05) is 28.1 Å². The van der Waals surface area contributed by atoms with Gasteiger partial charge in [-0.3, -0.25) is 0 Å². The quantitative estimate of drug-likeness (QED) is 0.782. The summed E-state index contributed by atoms with van der Waals surface area (Å²) in [6.45, 7) is 5.96. The fourth-order valence-electron chi connectivity index (χ4n) is 1.34. The van der Waals surface area contributed by atoms with Gasteiger partial charge < -0.3 is 15.5 Å². The van der Waals surface area contributed by atoms with Crippen molar-refractivity contribution in [3.05, 3.63) is 34.3 Å². The third kappa shape index (κ3) is 4.39. The minimum Gasteiger partial charge on any atom is -0.392 e. The molecule has 0 spiro atoms. The molecular formula is C13H20BrNO2. The molecule has 17 heavy (non-hydrogen) atoms. The van der Waals surface area contributed by atoms with Gasteiger partial charge in [-0.2, -0.15) is 0 Å². The van der Waals surface area contributed by atoms with Gasteiger partial charge in [0, 0.05) is 16.6 Å². The minimum absolute atomic E-state index is 0.410. The predicted molar refractivity (Wildman–Crippen MR) is 72.9 cm³/mol. The number of nitrogens with one attached hydrogen (secondary N) is 1. The molecule has 2 atom stereocenters. The second-order valence-corrected chi connectivity index (χ2v) is 5.77. The monoisotopic (exact) mass is 301 g/mol. The van der Waals surface area contributed by atoms with Gasteiger partial charge in [0.1, 0.15) is 0 Å².